The second kappa shape index (κ2) is 4.88. The minimum atomic E-state index is 0.611. The van der Waals surface area contributed by atoms with Crippen molar-refractivity contribution >= 4 is 0 Å². The molecular formula is C18H18N2. The van der Waals surface area contributed by atoms with Crippen molar-refractivity contribution in [3.8, 4) is 11.1 Å². The third-order valence-corrected chi connectivity index (χ3v) is 4.35. The van der Waals surface area contributed by atoms with Gasteiger partial charge in [-0.15, -0.1) is 0 Å². The molecule has 1 fully saturated rings. The second-order valence-corrected chi connectivity index (χ2v) is 5.77. The summed E-state index contributed by atoms with van der Waals surface area (Å²) >= 11 is 0. The van der Waals surface area contributed by atoms with E-state index in [4.69, 9.17) is 0 Å². The third-order valence-electron chi connectivity index (χ3n) is 4.35. The lowest BCUT2D eigenvalue weighted by atomic mass is 9.93. The van der Waals surface area contributed by atoms with Gasteiger partial charge in [0, 0.05) is 30.0 Å². The summed E-state index contributed by atoms with van der Waals surface area (Å²) in [7, 11) is 0. The lowest BCUT2D eigenvalue weighted by molar-refractivity contribution is 0.687. The molecule has 4 rings (SSSR count). The molecule has 0 aliphatic carbocycles. The Kier molecular flexibility index (Phi) is 2.89. The van der Waals surface area contributed by atoms with E-state index in [1.807, 2.05) is 18.5 Å². The van der Waals surface area contributed by atoms with E-state index >= 15 is 0 Å². The van der Waals surface area contributed by atoms with Gasteiger partial charge in [-0.1, -0.05) is 42.0 Å². The first kappa shape index (κ1) is 11.9. The predicted molar refractivity (Wildman–Crippen MR) is 81.4 cm³/mol. The summed E-state index contributed by atoms with van der Waals surface area (Å²) in [5, 5.41) is 3.63. The number of pyridine rings is 1. The molecule has 2 bridgehead atoms. The van der Waals surface area contributed by atoms with Crippen LogP contribution in [0.2, 0.25) is 0 Å². The van der Waals surface area contributed by atoms with Gasteiger partial charge in [0.2, 0.25) is 0 Å². The van der Waals surface area contributed by atoms with Crippen molar-refractivity contribution in [2.24, 2.45) is 0 Å². The number of hydrogen-bond acceptors (Lipinski definition) is 2. The highest BCUT2D eigenvalue weighted by atomic mass is 15.0. The van der Waals surface area contributed by atoms with Crippen LogP contribution in [0.5, 0.6) is 0 Å². The molecule has 2 aliphatic rings. The van der Waals surface area contributed by atoms with Gasteiger partial charge in [-0.3, -0.25) is 4.98 Å². The molecule has 2 nitrogen and oxygen atoms in total. The predicted octanol–water partition coefficient (Wildman–Crippen LogP) is 3.35. The molecule has 2 atom stereocenters. The Morgan fingerprint density at radius 3 is 2.70 bits per heavy atom. The topological polar surface area (TPSA) is 24.9 Å². The Hall–Kier alpha value is -1.93. The van der Waals surface area contributed by atoms with Crippen LogP contribution in [-0.4, -0.2) is 17.1 Å². The summed E-state index contributed by atoms with van der Waals surface area (Å²) in [5.74, 6) is 0. The lowest BCUT2D eigenvalue weighted by Gasteiger charge is -2.12. The molecule has 0 spiro atoms. The van der Waals surface area contributed by atoms with Crippen LogP contribution in [0, 0.1) is 0 Å². The molecule has 1 aromatic carbocycles. The number of fused-ring (bicyclic) bond motifs is 2. The van der Waals surface area contributed by atoms with Crippen molar-refractivity contribution in [3.05, 3.63) is 66.0 Å². The summed E-state index contributed by atoms with van der Waals surface area (Å²) in [6, 6.07) is 14.0. The van der Waals surface area contributed by atoms with Gasteiger partial charge in [0.1, 0.15) is 0 Å². The van der Waals surface area contributed by atoms with Gasteiger partial charge in [-0.2, -0.15) is 0 Å². The van der Waals surface area contributed by atoms with E-state index in [0.29, 0.717) is 12.1 Å². The highest BCUT2D eigenvalue weighted by molar-refractivity contribution is 5.63. The standard InChI is InChI=1S/C18H18N2/c1-2-4-14(5-3-1)16-9-13(11-19-12-16)8-15-10-17-6-7-18(15)20-17/h1-5,9-12,17-18,20H,6-8H2. The summed E-state index contributed by atoms with van der Waals surface area (Å²) < 4.78 is 0. The maximum Gasteiger partial charge on any atom is 0.0346 e. The van der Waals surface area contributed by atoms with E-state index < -0.39 is 0 Å². The summed E-state index contributed by atoms with van der Waals surface area (Å²) in [6.45, 7) is 0. The molecular weight excluding hydrogens is 244 g/mol. The summed E-state index contributed by atoms with van der Waals surface area (Å²) in [6.07, 6.45) is 10.00. The Morgan fingerprint density at radius 1 is 1.05 bits per heavy atom. The number of hydrogen-bond donors (Lipinski definition) is 1. The highest BCUT2D eigenvalue weighted by Gasteiger charge is 2.31. The number of nitrogens with one attached hydrogen (secondary N) is 1. The Balaban J connectivity index is 1.59. The fourth-order valence-corrected chi connectivity index (χ4v) is 3.36. The summed E-state index contributed by atoms with van der Waals surface area (Å²) in [5.41, 5.74) is 5.31. The zero-order valence-electron chi connectivity index (χ0n) is 11.4. The van der Waals surface area contributed by atoms with Crippen molar-refractivity contribution in [1.29, 1.82) is 0 Å². The largest absolute Gasteiger partial charge is 0.304 e. The molecule has 2 heteroatoms. The highest BCUT2D eigenvalue weighted by Crippen LogP contribution is 2.30. The van der Waals surface area contributed by atoms with Crippen LogP contribution in [0.15, 0.2) is 60.4 Å². The van der Waals surface area contributed by atoms with Crippen LogP contribution in [0.3, 0.4) is 0 Å². The quantitative estimate of drug-likeness (QED) is 0.858. The fourth-order valence-electron chi connectivity index (χ4n) is 3.36. The monoisotopic (exact) mass is 262 g/mol. The molecule has 3 heterocycles. The van der Waals surface area contributed by atoms with E-state index in [2.05, 4.69) is 46.7 Å². The van der Waals surface area contributed by atoms with E-state index in [-0.39, 0.29) is 0 Å². The van der Waals surface area contributed by atoms with Gasteiger partial charge in [0.25, 0.3) is 0 Å². The zero-order chi connectivity index (χ0) is 13.4. The first-order valence-corrected chi connectivity index (χ1v) is 7.34. The van der Waals surface area contributed by atoms with Crippen molar-refractivity contribution < 1.29 is 0 Å². The smallest absolute Gasteiger partial charge is 0.0346 e. The molecule has 20 heavy (non-hydrogen) atoms. The Bertz CT molecular complexity index is 645. The van der Waals surface area contributed by atoms with Gasteiger partial charge in [0.05, 0.1) is 0 Å². The summed E-state index contributed by atoms with van der Waals surface area (Å²) in [4.78, 5) is 4.42. The van der Waals surface area contributed by atoms with Crippen LogP contribution in [0.1, 0.15) is 18.4 Å². The minimum Gasteiger partial charge on any atom is -0.304 e. The van der Waals surface area contributed by atoms with E-state index in [1.54, 1.807) is 5.57 Å². The molecule has 2 aromatic rings. The first-order valence-electron chi connectivity index (χ1n) is 7.34. The second-order valence-electron chi connectivity index (χ2n) is 5.77. The minimum absolute atomic E-state index is 0.611. The van der Waals surface area contributed by atoms with Gasteiger partial charge in [0.15, 0.2) is 0 Å². The van der Waals surface area contributed by atoms with E-state index in [0.717, 1.165) is 6.42 Å². The average Bonchev–Trinajstić information content (AvgIpc) is 3.11. The van der Waals surface area contributed by atoms with Crippen LogP contribution < -0.4 is 5.32 Å². The molecule has 2 unspecified atom stereocenters. The molecule has 0 saturated carbocycles. The van der Waals surface area contributed by atoms with Gasteiger partial charge >= 0.3 is 0 Å². The van der Waals surface area contributed by atoms with Crippen LogP contribution in [0.25, 0.3) is 11.1 Å². The number of aromatic nitrogens is 1. The fraction of sp³-hybridized carbons (Fsp3) is 0.278. The number of nitrogens with zero attached hydrogens (tertiary/aromatic N) is 1. The normalized spacial score (nSPS) is 23.9. The van der Waals surface area contributed by atoms with Crippen LogP contribution in [0.4, 0.5) is 0 Å². The number of benzene rings is 1. The van der Waals surface area contributed by atoms with Gasteiger partial charge < -0.3 is 5.32 Å². The Morgan fingerprint density at radius 2 is 1.95 bits per heavy atom. The van der Waals surface area contributed by atoms with Crippen molar-refractivity contribution in [2.45, 2.75) is 31.3 Å². The number of rotatable bonds is 3. The Labute approximate surface area is 119 Å². The maximum atomic E-state index is 4.42. The molecule has 1 N–H and O–H groups in total. The molecule has 100 valence electrons. The van der Waals surface area contributed by atoms with E-state index in [9.17, 15) is 0 Å². The van der Waals surface area contributed by atoms with E-state index in [1.165, 1.54) is 29.5 Å². The molecule has 1 saturated heterocycles. The molecule has 2 aliphatic heterocycles. The zero-order valence-corrected chi connectivity index (χ0v) is 11.4. The van der Waals surface area contributed by atoms with Crippen molar-refractivity contribution in [2.75, 3.05) is 0 Å². The van der Waals surface area contributed by atoms with Gasteiger partial charge in [-0.05, 0) is 36.5 Å². The SMILES string of the molecule is C1=C(Cc2cncc(-c3ccccc3)c2)C2CCC1N2. The van der Waals surface area contributed by atoms with Crippen LogP contribution >= 0.6 is 0 Å². The van der Waals surface area contributed by atoms with Crippen molar-refractivity contribution in [1.82, 2.24) is 10.3 Å². The van der Waals surface area contributed by atoms with Crippen molar-refractivity contribution in [3.63, 3.8) is 0 Å². The molecule has 0 amide bonds. The van der Waals surface area contributed by atoms with Gasteiger partial charge in [-0.25, -0.2) is 0 Å². The lowest BCUT2D eigenvalue weighted by Crippen LogP contribution is -2.22. The average molecular weight is 262 g/mol. The molecule has 0 radical (unpaired) electrons. The molecule has 1 aromatic heterocycles. The van der Waals surface area contributed by atoms with Crippen LogP contribution in [-0.2, 0) is 6.42 Å². The first-order chi connectivity index (χ1) is 9.88. The maximum absolute atomic E-state index is 4.42. The third kappa shape index (κ3) is 2.16.